The molecule has 1 N–H and O–H groups in total. The first kappa shape index (κ1) is 18.6. The molecule has 4 aliphatic rings. The minimum atomic E-state index is -0.246. The van der Waals surface area contributed by atoms with Crippen molar-refractivity contribution in [2.24, 2.45) is 17.8 Å². The molecule has 2 aromatic rings. The van der Waals surface area contributed by atoms with E-state index in [1.165, 1.54) is 6.42 Å². The number of hydrogen-bond donors (Lipinski definition) is 1. The number of methoxy groups -OCH3 is 1. The summed E-state index contributed by atoms with van der Waals surface area (Å²) in [4.78, 5) is 18.8. The smallest absolute Gasteiger partial charge is 0.309 e. The van der Waals surface area contributed by atoms with Crippen molar-refractivity contribution in [1.82, 2.24) is 4.98 Å². The number of carbonyl (C=O) groups excluding carboxylic acids is 1. The quantitative estimate of drug-likeness (QED) is 0.606. The fraction of sp³-hybridized carbons (Fsp3) is 0.500. The molecule has 1 unspecified atom stereocenters. The summed E-state index contributed by atoms with van der Waals surface area (Å²) in [7, 11) is 1.67. The number of carbonyl (C=O) groups is 1. The highest BCUT2D eigenvalue weighted by Crippen LogP contribution is 2.39. The molecule has 5 nitrogen and oxygen atoms in total. The summed E-state index contributed by atoms with van der Waals surface area (Å²) in [5.41, 5.74) is 1.97. The van der Waals surface area contributed by atoms with Crippen LogP contribution in [0.15, 0.2) is 43.1 Å². The van der Waals surface area contributed by atoms with Gasteiger partial charge in [0.1, 0.15) is 11.8 Å². The molecule has 3 aliphatic heterocycles. The van der Waals surface area contributed by atoms with Crippen molar-refractivity contribution < 1.29 is 19.2 Å². The van der Waals surface area contributed by atoms with Crippen molar-refractivity contribution in [3.63, 3.8) is 0 Å². The Morgan fingerprint density at radius 1 is 1.31 bits per heavy atom. The highest BCUT2D eigenvalue weighted by molar-refractivity contribution is 5.84. The van der Waals surface area contributed by atoms with E-state index in [2.05, 4.69) is 17.6 Å². The highest BCUT2D eigenvalue weighted by Gasteiger charge is 2.48. The topological polar surface area (TPSA) is 52.9 Å². The van der Waals surface area contributed by atoms with Crippen LogP contribution in [-0.4, -0.2) is 37.2 Å². The summed E-state index contributed by atoms with van der Waals surface area (Å²) in [6.45, 7) is 6.28. The van der Waals surface area contributed by atoms with Gasteiger partial charge in [-0.25, -0.2) is 0 Å². The third-order valence-electron chi connectivity index (χ3n) is 7.13. The Morgan fingerprint density at radius 3 is 2.86 bits per heavy atom. The molecule has 152 valence electrons. The van der Waals surface area contributed by atoms with E-state index >= 15 is 0 Å². The van der Waals surface area contributed by atoms with Gasteiger partial charge in [-0.05, 0) is 43.0 Å². The van der Waals surface area contributed by atoms with Crippen LogP contribution in [0, 0.1) is 17.8 Å². The first-order valence-electron chi connectivity index (χ1n) is 10.8. The van der Waals surface area contributed by atoms with E-state index in [0.717, 1.165) is 54.6 Å². The minimum Gasteiger partial charge on any atom is -0.497 e. The Balaban J connectivity index is 1.55. The first-order valence-corrected chi connectivity index (χ1v) is 10.8. The van der Waals surface area contributed by atoms with Crippen LogP contribution in [0.25, 0.3) is 10.9 Å². The number of hydrogen-bond acceptors (Lipinski definition) is 4. The zero-order valence-corrected chi connectivity index (χ0v) is 17.0. The zero-order chi connectivity index (χ0) is 20.0. The maximum absolute atomic E-state index is 12.7. The molecule has 1 aromatic carbocycles. The van der Waals surface area contributed by atoms with E-state index in [1.54, 1.807) is 12.0 Å². The molecule has 1 aliphatic carbocycles. The van der Waals surface area contributed by atoms with Crippen LogP contribution in [0.1, 0.15) is 37.4 Å². The van der Waals surface area contributed by atoms with Gasteiger partial charge >= 0.3 is 5.97 Å². The standard InChI is InChI=1S/C24H28N2O3/c1-3-15-14-26-11-9-17(15)12-22(26)23(29-24(27)16-4-5-16)19-8-10-25-21-7-6-18(28-2)13-20(19)21/h3,6-8,10,13,15-17,22-23H,1,4-5,9,11-12,14H2,2H3/p+1/t15-,17-,22+,23-/m0/s1. The van der Waals surface area contributed by atoms with Gasteiger partial charge in [0.15, 0.2) is 6.10 Å². The first-order chi connectivity index (χ1) is 14.2. The third-order valence-corrected chi connectivity index (χ3v) is 7.13. The molecule has 0 spiro atoms. The summed E-state index contributed by atoms with van der Waals surface area (Å²) >= 11 is 0. The van der Waals surface area contributed by atoms with Gasteiger partial charge in [-0.15, -0.1) is 6.58 Å². The molecule has 3 saturated heterocycles. The van der Waals surface area contributed by atoms with E-state index in [0.29, 0.717) is 11.8 Å². The number of esters is 1. The van der Waals surface area contributed by atoms with Crippen LogP contribution in [0.2, 0.25) is 0 Å². The molecular formula is C24H29N2O3+. The number of nitrogens with one attached hydrogen (secondary N) is 1. The van der Waals surface area contributed by atoms with Gasteiger partial charge in [-0.1, -0.05) is 6.08 Å². The molecule has 2 bridgehead atoms. The van der Waals surface area contributed by atoms with Crippen molar-refractivity contribution in [3.05, 3.63) is 48.7 Å². The lowest BCUT2D eigenvalue weighted by molar-refractivity contribution is -0.949. The lowest BCUT2D eigenvalue weighted by Crippen LogP contribution is -3.20. The SMILES string of the molecule is C=C[C@H]1C[NH+]2CC[C@H]1C[C@@H]2[C@@H](OC(=O)C1CC1)c1ccnc2ccc(OC)cc12. The van der Waals surface area contributed by atoms with Crippen LogP contribution in [0.4, 0.5) is 0 Å². The molecule has 0 amide bonds. The van der Waals surface area contributed by atoms with E-state index in [-0.39, 0.29) is 24.0 Å². The number of ether oxygens (including phenoxy) is 2. The largest absolute Gasteiger partial charge is 0.497 e. The summed E-state index contributed by atoms with van der Waals surface area (Å²) in [6, 6.07) is 8.24. The average Bonchev–Trinajstić information content (AvgIpc) is 3.62. The molecule has 29 heavy (non-hydrogen) atoms. The molecule has 4 fully saturated rings. The Kier molecular flexibility index (Phi) is 4.78. The number of piperidine rings is 3. The van der Waals surface area contributed by atoms with Crippen LogP contribution in [-0.2, 0) is 9.53 Å². The normalized spacial score (nSPS) is 29.4. The maximum atomic E-state index is 12.7. The fourth-order valence-electron chi connectivity index (χ4n) is 5.32. The lowest BCUT2D eigenvalue weighted by atomic mass is 9.73. The maximum Gasteiger partial charge on any atom is 0.309 e. The van der Waals surface area contributed by atoms with E-state index in [4.69, 9.17) is 9.47 Å². The number of rotatable bonds is 6. The Labute approximate surface area is 171 Å². The van der Waals surface area contributed by atoms with Gasteiger partial charge in [0, 0.05) is 35.9 Å². The van der Waals surface area contributed by atoms with Gasteiger partial charge in [-0.3, -0.25) is 9.78 Å². The summed E-state index contributed by atoms with van der Waals surface area (Å²) in [5, 5.41) is 1.02. The highest BCUT2D eigenvalue weighted by atomic mass is 16.5. The predicted molar refractivity (Wildman–Crippen MR) is 111 cm³/mol. The Hall–Kier alpha value is -2.40. The number of fused-ring (bicyclic) bond motifs is 4. The number of benzene rings is 1. The van der Waals surface area contributed by atoms with E-state index < -0.39 is 0 Å². The van der Waals surface area contributed by atoms with Crippen molar-refractivity contribution in [1.29, 1.82) is 0 Å². The fourth-order valence-corrected chi connectivity index (χ4v) is 5.32. The number of quaternary nitrogens is 1. The van der Waals surface area contributed by atoms with Gasteiger partial charge < -0.3 is 14.4 Å². The zero-order valence-electron chi connectivity index (χ0n) is 17.0. The predicted octanol–water partition coefficient (Wildman–Crippen LogP) is 2.72. The van der Waals surface area contributed by atoms with Crippen LogP contribution in [0.5, 0.6) is 5.75 Å². The van der Waals surface area contributed by atoms with E-state index in [9.17, 15) is 4.79 Å². The van der Waals surface area contributed by atoms with Gasteiger partial charge in [0.05, 0.1) is 31.6 Å². The molecule has 1 aromatic heterocycles. The average molecular weight is 394 g/mol. The minimum absolute atomic E-state index is 0.0369. The Bertz CT molecular complexity index is 939. The molecule has 5 atom stereocenters. The third kappa shape index (κ3) is 3.42. The Morgan fingerprint density at radius 2 is 2.17 bits per heavy atom. The molecule has 0 radical (unpaired) electrons. The van der Waals surface area contributed by atoms with Gasteiger partial charge in [0.25, 0.3) is 0 Å². The second-order valence-electron chi connectivity index (χ2n) is 8.82. The molecule has 1 saturated carbocycles. The molecule has 6 rings (SSSR count). The van der Waals surface area contributed by atoms with Crippen molar-refractivity contribution >= 4 is 16.9 Å². The molecule has 4 heterocycles. The molecular weight excluding hydrogens is 364 g/mol. The van der Waals surface area contributed by atoms with Crippen molar-refractivity contribution in [2.75, 3.05) is 20.2 Å². The number of aromatic nitrogens is 1. The van der Waals surface area contributed by atoms with Crippen LogP contribution in [0.3, 0.4) is 0 Å². The number of nitrogens with zero attached hydrogens (tertiary/aromatic N) is 1. The van der Waals surface area contributed by atoms with Gasteiger partial charge in [0.2, 0.25) is 0 Å². The summed E-state index contributed by atoms with van der Waals surface area (Å²) in [5.74, 6) is 2.06. The van der Waals surface area contributed by atoms with Crippen molar-refractivity contribution in [2.45, 2.75) is 37.8 Å². The van der Waals surface area contributed by atoms with E-state index in [1.807, 2.05) is 30.5 Å². The summed E-state index contributed by atoms with van der Waals surface area (Å²) < 4.78 is 11.7. The van der Waals surface area contributed by atoms with Gasteiger partial charge in [-0.2, -0.15) is 0 Å². The molecule has 5 heteroatoms. The second kappa shape index (κ2) is 7.45. The monoisotopic (exact) mass is 393 g/mol. The van der Waals surface area contributed by atoms with Crippen molar-refractivity contribution in [3.8, 4) is 5.75 Å². The second-order valence-corrected chi connectivity index (χ2v) is 8.82. The lowest BCUT2D eigenvalue weighted by Gasteiger charge is -2.48. The summed E-state index contributed by atoms with van der Waals surface area (Å²) in [6.07, 6.45) is 7.93. The van der Waals surface area contributed by atoms with Crippen LogP contribution >= 0.6 is 0 Å². The number of pyridine rings is 1. The van der Waals surface area contributed by atoms with Crippen LogP contribution < -0.4 is 9.64 Å².